The molecule has 1 N–H and O–H groups in total. The van der Waals surface area contributed by atoms with Crippen LogP contribution < -0.4 is 0 Å². The van der Waals surface area contributed by atoms with Gasteiger partial charge in [0.2, 0.25) is 0 Å². The lowest BCUT2D eigenvalue weighted by molar-refractivity contribution is -0.138. The zero-order valence-corrected chi connectivity index (χ0v) is 9.66. The first kappa shape index (κ1) is 14.9. The van der Waals surface area contributed by atoms with E-state index in [1.165, 1.54) is 0 Å². The first-order valence-corrected chi connectivity index (χ1v) is 4.97. The topological polar surface area (TPSA) is 57.6 Å². The fourth-order valence-electron chi connectivity index (χ4n) is 1.37. The van der Waals surface area contributed by atoms with Crippen LogP contribution in [0.3, 0.4) is 0 Å². The molecule has 1 aromatic rings. The van der Waals surface area contributed by atoms with Crippen molar-refractivity contribution in [2.75, 3.05) is 13.6 Å². The molecular weight excluding hydrogens is 270 g/mol. The Labute approximate surface area is 105 Å². The van der Waals surface area contributed by atoms with E-state index < -0.39 is 41.5 Å². The molecule has 0 atom stereocenters. The van der Waals surface area contributed by atoms with E-state index in [-0.39, 0.29) is 0 Å². The fourth-order valence-corrected chi connectivity index (χ4v) is 1.37. The van der Waals surface area contributed by atoms with Gasteiger partial charge < -0.3 is 10.0 Å². The second-order valence-corrected chi connectivity index (χ2v) is 3.78. The fraction of sp³-hybridized carbons (Fsp3) is 0.273. The summed E-state index contributed by atoms with van der Waals surface area (Å²) in [5.41, 5.74) is -1.01. The summed E-state index contributed by atoms with van der Waals surface area (Å²) in [5, 5.41) is 8.59. The molecule has 104 valence electrons. The van der Waals surface area contributed by atoms with E-state index in [0.29, 0.717) is 11.0 Å². The molecule has 1 amide bonds. The van der Waals surface area contributed by atoms with E-state index in [4.69, 9.17) is 5.11 Å². The quantitative estimate of drug-likeness (QED) is 0.862. The number of carbonyl (C=O) groups is 2. The van der Waals surface area contributed by atoms with Crippen LogP contribution in [0.2, 0.25) is 0 Å². The molecule has 8 heteroatoms. The van der Waals surface area contributed by atoms with Crippen molar-refractivity contribution >= 4 is 11.9 Å². The monoisotopic (exact) mass is 279 g/mol. The Hall–Kier alpha value is -2.12. The molecule has 0 heterocycles. The van der Waals surface area contributed by atoms with Crippen LogP contribution in [0.15, 0.2) is 18.2 Å². The zero-order valence-electron chi connectivity index (χ0n) is 9.66. The van der Waals surface area contributed by atoms with Gasteiger partial charge >= 0.3 is 12.1 Å². The minimum Gasteiger partial charge on any atom is -0.478 e. The van der Waals surface area contributed by atoms with Gasteiger partial charge in [-0.25, -0.2) is 9.18 Å². The lowest BCUT2D eigenvalue weighted by Gasteiger charge is -2.19. The van der Waals surface area contributed by atoms with Gasteiger partial charge in [-0.15, -0.1) is 0 Å². The maximum Gasteiger partial charge on any atom is 0.406 e. The number of halogens is 4. The summed E-state index contributed by atoms with van der Waals surface area (Å²) in [7, 11) is 0.875. The van der Waals surface area contributed by atoms with Gasteiger partial charge in [-0.05, 0) is 18.2 Å². The zero-order chi connectivity index (χ0) is 14.8. The summed E-state index contributed by atoms with van der Waals surface area (Å²) in [6, 6.07) is 2.37. The third-order valence-electron chi connectivity index (χ3n) is 2.21. The van der Waals surface area contributed by atoms with E-state index in [1.54, 1.807) is 0 Å². The highest BCUT2D eigenvalue weighted by molar-refractivity contribution is 5.96. The molecule has 0 saturated heterocycles. The Balaban J connectivity index is 2.97. The first-order valence-electron chi connectivity index (χ1n) is 4.97. The summed E-state index contributed by atoms with van der Waals surface area (Å²) in [6.45, 7) is -1.52. The molecule has 0 aromatic heterocycles. The van der Waals surface area contributed by atoms with Crippen LogP contribution in [0.5, 0.6) is 0 Å². The molecule has 0 aliphatic carbocycles. The molecule has 0 unspecified atom stereocenters. The number of carbonyl (C=O) groups excluding carboxylic acids is 1. The smallest absolute Gasteiger partial charge is 0.406 e. The van der Waals surface area contributed by atoms with Gasteiger partial charge in [0.1, 0.15) is 12.4 Å². The molecule has 4 nitrogen and oxygen atoms in total. The average molecular weight is 279 g/mol. The highest BCUT2D eigenvalue weighted by Gasteiger charge is 2.32. The van der Waals surface area contributed by atoms with E-state index >= 15 is 0 Å². The maximum absolute atomic E-state index is 13.5. The van der Waals surface area contributed by atoms with Gasteiger partial charge in [-0.3, -0.25) is 4.79 Å². The van der Waals surface area contributed by atoms with Crippen LogP contribution in [-0.4, -0.2) is 41.7 Å². The highest BCUT2D eigenvalue weighted by Crippen LogP contribution is 2.18. The lowest BCUT2D eigenvalue weighted by Crippen LogP contribution is -2.36. The summed E-state index contributed by atoms with van der Waals surface area (Å²) < 4.78 is 49.7. The summed E-state index contributed by atoms with van der Waals surface area (Å²) >= 11 is 0. The Morgan fingerprint density at radius 2 is 1.89 bits per heavy atom. The predicted octanol–water partition coefficient (Wildman–Crippen LogP) is 2.16. The van der Waals surface area contributed by atoms with E-state index in [1.807, 2.05) is 0 Å². The van der Waals surface area contributed by atoms with Crippen LogP contribution >= 0.6 is 0 Å². The molecule has 0 spiro atoms. The number of aromatic carboxylic acids is 1. The van der Waals surface area contributed by atoms with Crippen molar-refractivity contribution in [2.45, 2.75) is 6.18 Å². The summed E-state index contributed by atoms with van der Waals surface area (Å²) in [5.74, 6) is -3.76. The molecule has 0 aliphatic rings. The Morgan fingerprint density at radius 3 is 2.32 bits per heavy atom. The standard InChI is InChI=1S/C11H9F4NO3/c1-16(5-11(13,14)15)9(17)7-3-2-6(10(18)19)4-8(7)12/h2-4H,5H2,1H3,(H,18,19). The molecule has 0 bridgehead atoms. The van der Waals surface area contributed by atoms with Crippen molar-refractivity contribution in [1.29, 1.82) is 0 Å². The minimum absolute atomic E-state index is 0.304. The van der Waals surface area contributed by atoms with Crippen LogP contribution in [0.25, 0.3) is 0 Å². The number of hydrogen-bond acceptors (Lipinski definition) is 2. The van der Waals surface area contributed by atoms with Gasteiger partial charge in [0.15, 0.2) is 0 Å². The van der Waals surface area contributed by atoms with Crippen molar-refractivity contribution < 1.29 is 32.3 Å². The molecule has 1 aromatic carbocycles. The van der Waals surface area contributed by atoms with Crippen LogP contribution in [0, 0.1) is 5.82 Å². The number of carboxylic acid groups (broad SMARTS) is 1. The highest BCUT2D eigenvalue weighted by atomic mass is 19.4. The second kappa shape index (κ2) is 5.25. The number of carboxylic acids is 1. The molecule has 0 saturated carbocycles. The first-order chi connectivity index (χ1) is 8.61. The Kier molecular flexibility index (Phi) is 4.13. The van der Waals surface area contributed by atoms with Crippen molar-refractivity contribution in [3.05, 3.63) is 35.1 Å². The van der Waals surface area contributed by atoms with Crippen LogP contribution in [0.4, 0.5) is 17.6 Å². The minimum atomic E-state index is -4.60. The number of nitrogens with zero attached hydrogens (tertiary/aromatic N) is 1. The van der Waals surface area contributed by atoms with E-state index in [2.05, 4.69) is 0 Å². The van der Waals surface area contributed by atoms with Crippen molar-refractivity contribution in [3.8, 4) is 0 Å². The van der Waals surface area contributed by atoms with Gasteiger partial charge in [0, 0.05) is 7.05 Å². The molecule has 1 rings (SSSR count). The normalized spacial score (nSPS) is 11.2. The van der Waals surface area contributed by atoms with Crippen molar-refractivity contribution in [2.24, 2.45) is 0 Å². The summed E-state index contributed by atoms with van der Waals surface area (Å²) in [6.07, 6.45) is -4.60. The molecular formula is C11H9F4NO3. The molecule has 0 aliphatic heterocycles. The number of hydrogen-bond donors (Lipinski definition) is 1. The Bertz CT molecular complexity index is 513. The van der Waals surface area contributed by atoms with Gasteiger partial charge in [-0.2, -0.15) is 13.2 Å². The molecule has 19 heavy (non-hydrogen) atoms. The van der Waals surface area contributed by atoms with Gasteiger partial charge in [0.25, 0.3) is 5.91 Å². The third-order valence-corrected chi connectivity index (χ3v) is 2.21. The molecule has 0 radical (unpaired) electrons. The van der Waals surface area contributed by atoms with E-state index in [9.17, 15) is 27.2 Å². The number of rotatable bonds is 3. The lowest BCUT2D eigenvalue weighted by atomic mass is 10.1. The second-order valence-electron chi connectivity index (χ2n) is 3.78. The molecule has 0 fully saturated rings. The number of benzene rings is 1. The van der Waals surface area contributed by atoms with Gasteiger partial charge in [-0.1, -0.05) is 0 Å². The third kappa shape index (κ3) is 3.94. The average Bonchev–Trinajstić information content (AvgIpc) is 2.25. The van der Waals surface area contributed by atoms with Crippen LogP contribution in [0.1, 0.15) is 20.7 Å². The van der Waals surface area contributed by atoms with E-state index in [0.717, 1.165) is 19.2 Å². The SMILES string of the molecule is CN(CC(F)(F)F)C(=O)c1ccc(C(=O)O)cc1F. The van der Waals surface area contributed by atoms with Crippen molar-refractivity contribution in [3.63, 3.8) is 0 Å². The summed E-state index contributed by atoms with van der Waals surface area (Å²) in [4.78, 5) is 22.4. The predicted molar refractivity (Wildman–Crippen MR) is 56.4 cm³/mol. The van der Waals surface area contributed by atoms with Gasteiger partial charge in [0.05, 0.1) is 11.1 Å². The number of alkyl halides is 3. The maximum atomic E-state index is 13.5. The Morgan fingerprint density at radius 1 is 1.32 bits per heavy atom. The van der Waals surface area contributed by atoms with Crippen molar-refractivity contribution in [1.82, 2.24) is 4.90 Å². The number of amides is 1. The largest absolute Gasteiger partial charge is 0.478 e. The van der Waals surface area contributed by atoms with Crippen LogP contribution in [-0.2, 0) is 0 Å².